The van der Waals surface area contributed by atoms with Crippen LogP contribution in [-0.4, -0.2) is 52.2 Å². The first kappa shape index (κ1) is 16.0. The molecule has 8 nitrogen and oxygen atoms in total. The number of carbonyl (C=O) groups excluding carboxylic acids is 1. The number of methoxy groups -OCH3 is 1. The number of pyridine rings is 1. The number of fused-ring (bicyclic) bond motifs is 1. The number of aromatic nitrogens is 3. The van der Waals surface area contributed by atoms with E-state index in [2.05, 4.69) is 15.1 Å². The third-order valence-corrected chi connectivity index (χ3v) is 4.87. The molecule has 1 amide bonds. The highest BCUT2D eigenvalue weighted by molar-refractivity contribution is 5.96. The number of ether oxygens (including phenoxy) is 2. The first-order chi connectivity index (χ1) is 12.2. The molecule has 8 heteroatoms. The summed E-state index contributed by atoms with van der Waals surface area (Å²) in [5, 5.41) is 3.96. The Morgan fingerprint density at radius 3 is 3.08 bits per heavy atom. The molecule has 0 N–H and O–H groups in total. The van der Waals surface area contributed by atoms with E-state index in [1.165, 1.54) is 7.11 Å². The van der Waals surface area contributed by atoms with E-state index in [0.29, 0.717) is 42.2 Å². The maximum atomic E-state index is 12.8. The van der Waals surface area contributed by atoms with Crippen LogP contribution in [0.3, 0.4) is 0 Å². The minimum absolute atomic E-state index is 0.0100. The van der Waals surface area contributed by atoms with Crippen LogP contribution in [0, 0.1) is 12.8 Å². The topological polar surface area (TPSA) is 90.6 Å². The van der Waals surface area contributed by atoms with Crippen molar-refractivity contribution in [1.82, 2.24) is 20.0 Å². The van der Waals surface area contributed by atoms with Crippen molar-refractivity contribution in [1.29, 1.82) is 0 Å². The molecule has 2 aromatic heterocycles. The van der Waals surface area contributed by atoms with Gasteiger partial charge in [-0.3, -0.25) is 4.79 Å². The van der Waals surface area contributed by atoms with Gasteiger partial charge in [-0.2, -0.15) is 4.98 Å². The van der Waals surface area contributed by atoms with Gasteiger partial charge in [0.15, 0.2) is 0 Å². The lowest BCUT2D eigenvalue weighted by molar-refractivity contribution is -0.00756. The van der Waals surface area contributed by atoms with Crippen LogP contribution in [0.15, 0.2) is 22.9 Å². The predicted molar refractivity (Wildman–Crippen MR) is 86.1 cm³/mol. The predicted octanol–water partition coefficient (Wildman–Crippen LogP) is 1.77. The van der Waals surface area contributed by atoms with Gasteiger partial charge in [0.1, 0.15) is 11.7 Å². The average molecular weight is 344 g/mol. The fourth-order valence-electron chi connectivity index (χ4n) is 3.61. The SMILES string of the molecule is COc1ncccc1C(=O)N1CC[C@H]2C[C@H](c3noc(C)n3)O[C@@H]2C1. The van der Waals surface area contributed by atoms with E-state index in [1.807, 2.05) is 4.90 Å². The van der Waals surface area contributed by atoms with E-state index >= 15 is 0 Å². The van der Waals surface area contributed by atoms with Crippen molar-refractivity contribution < 1.29 is 18.8 Å². The number of nitrogens with zero attached hydrogens (tertiary/aromatic N) is 4. The molecule has 132 valence electrons. The summed E-state index contributed by atoms with van der Waals surface area (Å²) in [4.78, 5) is 23.0. The van der Waals surface area contributed by atoms with Crippen molar-refractivity contribution in [2.45, 2.75) is 32.0 Å². The molecule has 0 aliphatic carbocycles. The van der Waals surface area contributed by atoms with Crippen LogP contribution < -0.4 is 4.74 Å². The minimum atomic E-state index is -0.157. The van der Waals surface area contributed by atoms with Crippen LogP contribution in [0.4, 0.5) is 0 Å². The Morgan fingerprint density at radius 2 is 2.32 bits per heavy atom. The maximum absolute atomic E-state index is 12.8. The normalized spacial score (nSPS) is 25.7. The fourth-order valence-corrected chi connectivity index (χ4v) is 3.61. The van der Waals surface area contributed by atoms with E-state index in [1.54, 1.807) is 25.3 Å². The first-order valence-electron chi connectivity index (χ1n) is 8.39. The number of hydrogen-bond donors (Lipinski definition) is 0. The van der Waals surface area contributed by atoms with Crippen LogP contribution >= 0.6 is 0 Å². The Bertz CT molecular complexity index is 778. The van der Waals surface area contributed by atoms with E-state index in [0.717, 1.165) is 12.8 Å². The van der Waals surface area contributed by atoms with Gasteiger partial charge >= 0.3 is 0 Å². The number of carbonyl (C=O) groups is 1. The molecule has 0 radical (unpaired) electrons. The molecule has 2 fully saturated rings. The maximum Gasteiger partial charge on any atom is 0.259 e. The quantitative estimate of drug-likeness (QED) is 0.838. The smallest absolute Gasteiger partial charge is 0.259 e. The number of rotatable bonds is 3. The van der Waals surface area contributed by atoms with Crippen molar-refractivity contribution in [2.75, 3.05) is 20.2 Å². The molecule has 4 heterocycles. The van der Waals surface area contributed by atoms with Gasteiger partial charge in [0.25, 0.3) is 5.91 Å². The standard InChI is InChI=1S/C17H20N4O4/c1-10-19-15(20-25-10)13-8-11-5-7-21(9-14(11)24-13)17(22)12-4-3-6-18-16(12)23-2/h3-4,6,11,13-14H,5,7-9H2,1-2H3/t11-,13+,14+/m0/s1. The monoisotopic (exact) mass is 344 g/mol. The summed E-state index contributed by atoms with van der Waals surface area (Å²) in [5.41, 5.74) is 0.479. The summed E-state index contributed by atoms with van der Waals surface area (Å²) in [7, 11) is 1.52. The Morgan fingerprint density at radius 1 is 1.44 bits per heavy atom. The van der Waals surface area contributed by atoms with Gasteiger partial charge in [0.05, 0.1) is 13.2 Å². The minimum Gasteiger partial charge on any atom is -0.480 e. The lowest BCUT2D eigenvalue weighted by atomic mass is 9.91. The molecule has 0 bridgehead atoms. The van der Waals surface area contributed by atoms with Crippen molar-refractivity contribution in [3.63, 3.8) is 0 Å². The highest BCUT2D eigenvalue weighted by atomic mass is 16.5. The Kier molecular flexibility index (Phi) is 4.12. The Hall–Kier alpha value is -2.48. The summed E-state index contributed by atoms with van der Waals surface area (Å²) < 4.78 is 16.4. The molecule has 2 aromatic rings. The third kappa shape index (κ3) is 2.97. The van der Waals surface area contributed by atoms with Crippen LogP contribution in [0.5, 0.6) is 5.88 Å². The van der Waals surface area contributed by atoms with Gasteiger partial charge in [-0.25, -0.2) is 4.98 Å². The van der Waals surface area contributed by atoms with Crippen molar-refractivity contribution in [2.24, 2.45) is 5.92 Å². The van der Waals surface area contributed by atoms with Gasteiger partial charge < -0.3 is 18.9 Å². The van der Waals surface area contributed by atoms with Crippen LogP contribution in [0.25, 0.3) is 0 Å². The summed E-state index contributed by atoms with van der Waals surface area (Å²) in [5.74, 6) is 1.81. The third-order valence-electron chi connectivity index (χ3n) is 4.87. The molecule has 4 rings (SSSR count). The highest BCUT2D eigenvalue weighted by Crippen LogP contribution is 2.40. The molecular formula is C17H20N4O4. The lowest BCUT2D eigenvalue weighted by Crippen LogP contribution is -2.45. The zero-order valence-corrected chi connectivity index (χ0v) is 14.2. The molecule has 0 unspecified atom stereocenters. The molecule has 2 aliphatic rings. The largest absolute Gasteiger partial charge is 0.480 e. The van der Waals surface area contributed by atoms with Crippen molar-refractivity contribution >= 4 is 5.91 Å². The average Bonchev–Trinajstić information content (AvgIpc) is 3.26. The summed E-state index contributed by atoms with van der Waals surface area (Å²) in [6.45, 7) is 3.01. The molecule has 0 spiro atoms. The number of amides is 1. The zero-order chi connectivity index (χ0) is 17.4. The fraction of sp³-hybridized carbons (Fsp3) is 0.529. The lowest BCUT2D eigenvalue weighted by Gasteiger charge is -2.34. The van der Waals surface area contributed by atoms with E-state index in [9.17, 15) is 4.79 Å². The van der Waals surface area contributed by atoms with Gasteiger partial charge in [0.2, 0.25) is 17.6 Å². The van der Waals surface area contributed by atoms with Crippen LogP contribution in [0.2, 0.25) is 0 Å². The second-order valence-electron chi connectivity index (χ2n) is 6.43. The summed E-state index contributed by atoms with van der Waals surface area (Å²) in [6, 6.07) is 3.48. The van der Waals surface area contributed by atoms with E-state index in [-0.39, 0.29) is 18.1 Å². The Balaban J connectivity index is 1.46. The van der Waals surface area contributed by atoms with Crippen LogP contribution in [0.1, 0.15) is 41.0 Å². The molecule has 0 saturated carbocycles. The van der Waals surface area contributed by atoms with Gasteiger partial charge in [-0.15, -0.1) is 0 Å². The molecular weight excluding hydrogens is 324 g/mol. The summed E-state index contributed by atoms with van der Waals surface area (Å²) in [6.07, 6.45) is 3.20. The first-order valence-corrected chi connectivity index (χ1v) is 8.39. The number of piperidine rings is 1. The number of likely N-dealkylation sites (tertiary alicyclic amines) is 1. The second-order valence-corrected chi connectivity index (χ2v) is 6.43. The summed E-state index contributed by atoms with van der Waals surface area (Å²) >= 11 is 0. The molecule has 2 aliphatic heterocycles. The zero-order valence-electron chi connectivity index (χ0n) is 14.2. The molecule has 0 aromatic carbocycles. The highest BCUT2D eigenvalue weighted by Gasteiger charge is 2.42. The molecule has 3 atom stereocenters. The van der Waals surface area contributed by atoms with Crippen molar-refractivity contribution in [3.05, 3.63) is 35.6 Å². The van der Waals surface area contributed by atoms with Gasteiger partial charge in [0, 0.05) is 26.2 Å². The Labute approximate surface area is 145 Å². The molecule has 2 saturated heterocycles. The van der Waals surface area contributed by atoms with E-state index < -0.39 is 0 Å². The second kappa shape index (κ2) is 6.44. The van der Waals surface area contributed by atoms with Crippen molar-refractivity contribution in [3.8, 4) is 5.88 Å². The van der Waals surface area contributed by atoms with E-state index in [4.69, 9.17) is 14.0 Å². The van der Waals surface area contributed by atoms with Gasteiger partial charge in [-0.05, 0) is 30.9 Å². The number of hydrogen-bond acceptors (Lipinski definition) is 7. The van der Waals surface area contributed by atoms with Crippen LogP contribution in [-0.2, 0) is 4.74 Å². The number of aryl methyl sites for hydroxylation is 1. The molecule has 25 heavy (non-hydrogen) atoms. The van der Waals surface area contributed by atoms with Gasteiger partial charge in [-0.1, -0.05) is 5.16 Å².